The second-order valence-electron chi connectivity index (χ2n) is 3.86. The van der Waals surface area contributed by atoms with Gasteiger partial charge in [-0.3, -0.25) is 9.59 Å². The molecular formula is C9H13NO2. The van der Waals surface area contributed by atoms with Crippen molar-refractivity contribution in [1.29, 1.82) is 0 Å². The first-order valence-electron chi connectivity index (χ1n) is 4.55. The highest BCUT2D eigenvalue weighted by Gasteiger charge is 2.30. The molecule has 0 spiro atoms. The van der Waals surface area contributed by atoms with Gasteiger partial charge in [0, 0.05) is 25.3 Å². The van der Waals surface area contributed by atoms with E-state index in [9.17, 15) is 9.59 Å². The van der Waals surface area contributed by atoms with Gasteiger partial charge in [-0.1, -0.05) is 0 Å². The van der Waals surface area contributed by atoms with Crippen LogP contribution >= 0.6 is 0 Å². The first kappa shape index (κ1) is 7.77. The van der Waals surface area contributed by atoms with Crippen LogP contribution in [0.4, 0.5) is 0 Å². The van der Waals surface area contributed by atoms with E-state index in [4.69, 9.17) is 0 Å². The summed E-state index contributed by atoms with van der Waals surface area (Å²) in [7, 11) is 0. The minimum atomic E-state index is 0.134. The molecule has 3 heteroatoms. The highest BCUT2D eigenvalue weighted by atomic mass is 16.2. The summed E-state index contributed by atoms with van der Waals surface area (Å²) in [5.41, 5.74) is 0. The van der Waals surface area contributed by atoms with E-state index in [1.807, 2.05) is 0 Å². The fraction of sp³-hybridized carbons (Fsp3) is 0.778. The van der Waals surface area contributed by atoms with E-state index in [1.54, 1.807) is 0 Å². The van der Waals surface area contributed by atoms with Crippen LogP contribution in [0.5, 0.6) is 0 Å². The van der Waals surface area contributed by atoms with Crippen molar-refractivity contribution < 1.29 is 9.59 Å². The lowest BCUT2D eigenvalue weighted by molar-refractivity contribution is -0.129. The van der Waals surface area contributed by atoms with Crippen LogP contribution in [-0.4, -0.2) is 17.7 Å². The van der Waals surface area contributed by atoms with Crippen molar-refractivity contribution in [2.24, 2.45) is 5.92 Å². The van der Waals surface area contributed by atoms with Gasteiger partial charge in [-0.2, -0.15) is 0 Å². The normalized spacial score (nSPS) is 23.5. The van der Waals surface area contributed by atoms with Gasteiger partial charge in [0.2, 0.25) is 5.91 Å². The Balaban J connectivity index is 1.65. The highest BCUT2D eigenvalue weighted by molar-refractivity contribution is 5.87. The van der Waals surface area contributed by atoms with Gasteiger partial charge < -0.3 is 5.32 Å². The highest BCUT2D eigenvalue weighted by Crippen LogP contribution is 2.26. The number of ketones is 1. The first-order valence-corrected chi connectivity index (χ1v) is 4.55. The topological polar surface area (TPSA) is 46.2 Å². The molecule has 66 valence electrons. The van der Waals surface area contributed by atoms with Crippen LogP contribution in [0, 0.1) is 5.92 Å². The van der Waals surface area contributed by atoms with Crippen molar-refractivity contribution in [1.82, 2.24) is 5.32 Å². The largest absolute Gasteiger partial charge is 0.353 e. The molecule has 0 aliphatic heterocycles. The Labute approximate surface area is 71.5 Å². The molecule has 2 rings (SSSR count). The Bertz CT molecular complexity index is 213. The van der Waals surface area contributed by atoms with Gasteiger partial charge in [0.05, 0.1) is 0 Å². The first-order chi connectivity index (χ1) is 5.74. The second kappa shape index (κ2) is 2.88. The molecule has 0 aromatic carbocycles. The summed E-state index contributed by atoms with van der Waals surface area (Å²) in [5, 5.41) is 2.92. The average Bonchev–Trinajstić information content (AvgIpc) is 2.68. The third-order valence-electron chi connectivity index (χ3n) is 2.45. The van der Waals surface area contributed by atoms with Crippen LogP contribution < -0.4 is 5.32 Å². The fourth-order valence-electron chi connectivity index (χ4n) is 1.50. The molecule has 0 atom stereocenters. The van der Waals surface area contributed by atoms with Gasteiger partial charge in [-0.25, -0.2) is 0 Å². The number of carbonyl (C=O) groups excluding carboxylic acids is 2. The van der Waals surface area contributed by atoms with Crippen LogP contribution in [0.3, 0.4) is 0 Å². The minimum Gasteiger partial charge on any atom is -0.353 e. The minimum absolute atomic E-state index is 0.134. The molecule has 0 unspecified atom stereocenters. The second-order valence-corrected chi connectivity index (χ2v) is 3.86. The molecule has 2 aliphatic rings. The molecule has 3 nitrogen and oxygen atoms in total. The molecule has 12 heavy (non-hydrogen) atoms. The number of rotatable bonds is 3. The standard InChI is InChI=1S/C9H13NO2/c11-8-3-6(4-8)5-9(12)10-7-1-2-7/h6-7H,1-5H2,(H,10,12). The molecule has 2 saturated carbocycles. The van der Waals surface area contributed by atoms with Crippen LogP contribution in [0.2, 0.25) is 0 Å². The molecule has 2 fully saturated rings. The Morgan fingerprint density at radius 1 is 1.42 bits per heavy atom. The van der Waals surface area contributed by atoms with E-state index in [1.165, 1.54) is 0 Å². The zero-order valence-corrected chi connectivity index (χ0v) is 7.01. The van der Waals surface area contributed by atoms with E-state index in [0.29, 0.717) is 37.0 Å². The fourth-order valence-corrected chi connectivity index (χ4v) is 1.50. The third kappa shape index (κ3) is 1.84. The number of hydrogen-bond acceptors (Lipinski definition) is 2. The monoisotopic (exact) mass is 167 g/mol. The van der Waals surface area contributed by atoms with Gasteiger partial charge in [-0.05, 0) is 18.8 Å². The lowest BCUT2D eigenvalue weighted by Gasteiger charge is -2.22. The van der Waals surface area contributed by atoms with Crippen LogP contribution in [0.15, 0.2) is 0 Å². The average molecular weight is 167 g/mol. The molecule has 0 radical (unpaired) electrons. The zero-order valence-electron chi connectivity index (χ0n) is 7.01. The number of hydrogen-bond donors (Lipinski definition) is 1. The molecule has 0 bridgehead atoms. The van der Waals surface area contributed by atoms with Gasteiger partial charge in [0.15, 0.2) is 0 Å². The zero-order chi connectivity index (χ0) is 8.55. The lowest BCUT2D eigenvalue weighted by atomic mass is 9.81. The molecule has 0 heterocycles. The van der Waals surface area contributed by atoms with E-state index in [-0.39, 0.29) is 5.91 Å². The number of carbonyl (C=O) groups is 2. The van der Waals surface area contributed by atoms with Gasteiger partial charge >= 0.3 is 0 Å². The van der Waals surface area contributed by atoms with Crippen molar-refractivity contribution in [2.75, 3.05) is 0 Å². The smallest absolute Gasteiger partial charge is 0.220 e. The van der Waals surface area contributed by atoms with E-state index in [2.05, 4.69) is 5.32 Å². The van der Waals surface area contributed by atoms with Crippen molar-refractivity contribution in [3.8, 4) is 0 Å². The predicted octanol–water partition coefficient (Wildman–Crippen LogP) is 0.634. The van der Waals surface area contributed by atoms with Crippen LogP contribution in [0.25, 0.3) is 0 Å². The number of amides is 1. The summed E-state index contributed by atoms with van der Waals surface area (Å²) in [5.74, 6) is 0.783. The summed E-state index contributed by atoms with van der Waals surface area (Å²) in [6.07, 6.45) is 4.07. The summed E-state index contributed by atoms with van der Waals surface area (Å²) in [4.78, 5) is 21.8. The van der Waals surface area contributed by atoms with E-state index < -0.39 is 0 Å². The Hall–Kier alpha value is -0.860. The van der Waals surface area contributed by atoms with Crippen molar-refractivity contribution in [3.63, 3.8) is 0 Å². The molecule has 2 aliphatic carbocycles. The van der Waals surface area contributed by atoms with Gasteiger partial charge in [0.1, 0.15) is 5.78 Å². The SMILES string of the molecule is O=C1CC(CC(=O)NC2CC2)C1. The molecule has 1 N–H and O–H groups in total. The van der Waals surface area contributed by atoms with Gasteiger partial charge in [0.25, 0.3) is 0 Å². The summed E-state index contributed by atoms with van der Waals surface area (Å²) in [6.45, 7) is 0. The summed E-state index contributed by atoms with van der Waals surface area (Å²) >= 11 is 0. The van der Waals surface area contributed by atoms with Crippen molar-refractivity contribution in [3.05, 3.63) is 0 Å². The summed E-state index contributed by atoms with van der Waals surface area (Å²) in [6, 6.07) is 0.452. The molecule has 0 aromatic heterocycles. The maximum atomic E-state index is 11.2. The molecule has 0 aromatic rings. The van der Waals surface area contributed by atoms with Gasteiger partial charge in [-0.15, -0.1) is 0 Å². The van der Waals surface area contributed by atoms with E-state index >= 15 is 0 Å². The molecule has 0 saturated heterocycles. The molecule has 1 amide bonds. The third-order valence-corrected chi connectivity index (χ3v) is 2.45. The number of Topliss-reactive ketones (excluding diaryl/α,β-unsaturated/α-hetero) is 1. The van der Waals surface area contributed by atoms with E-state index in [0.717, 1.165) is 12.8 Å². The Morgan fingerprint density at radius 2 is 2.08 bits per heavy atom. The predicted molar refractivity (Wildman–Crippen MR) is 43.5 cm³/mol. The maximum Gasteiger partial charge on any atom is 0.220 e. The number of nitrogens with one attached hydrogen (secondary N) is 1. The lowest BCUT2D eigenvalue weighted by Crippen LogP contribution is -2.32. The van der Waals surface area contributed by atoms with Crippen molar-refractivity contribution in [2.45, 2.75) is 38.1 Å². The maximum absolute atomic E-state index is 11.2. The Morgan fingerprint density at radius 3 is 2.58 bits per heavy atom. The quantitative estimate of drug-likeness (QED) is 0.670. The summed E-state index contributed by atoms with van der Waals surface area (Å²) < 4.78 is 0. The van der Waals surface area contributed by atoms with Crippen LogP contribution in [0.1, 0.15) is 32.1 Å². The Kier molecular flexibility index (Phi) is 1.87. The van der Waals surface area contributed by atoms with Crippen LogP contribution in [-0.2, 0) is 9.59 Å². The van der Waals surface area contributed by atoms with Crippen molar-refractivity contribution >= 4 is 11.7 Å². The molecular weight excluding hydrogens is 154 g/mol.